The Morgan fingerprint density at radius 2 is 1.67 bits per heavy atom. The van der Waals surface area contributed by atoms with Crippen molar-refractivity contribution in [3.63, 3.8) is 0 Å². The molecule has 0 radical (unpaired) electrons. The topological polar surface area (TPSA) is 126 Å². The summed E-state index contributed by atoms with van der Waals surface area (Å²) in [4.78, 5) is 31.7. The summed E-state index contributed by atoms with van der Waals surface area (Å²) >= 11 is 0. The number of methoxy groups -OCH3 is 2. The Morgan fingerprint density at radius 1 is 1.00 bits per heavy atom. The van der Waals surface area contributed by atoms with Gasteiger partial charge in [0.15, 0.2) is 28.8 Å². The first-order chi connectivity index (χ1) is 16.9. The number of anilines is 1. The molecular weight excluding hydrogens is 495 g/mol. The van der Waals surface area contributed by atoms with Crippen molar-refractivity contribution in [3.05, 3.63) is 64.7 Å². The summed E-state index contributed by atoms with van der Waals surface area (Å²) in [6, 6.07) is 2.75. The number of hydrogen-bond acceptors (Lipinski definition) is 7. The third-order valence-electron chi connectivity index (χ3n) is 4.74. The van der Waals surface area contributed by atoms with Crippen LogP contribution in [0.5, 0.6) is 23.0 Å². The predicted octanol–water partition coefficient (Wildman–Crippen LogP) is 4.24. The summed E-state index contributed by atoms with van der Waals surface area (Å²) in [5, 5.41) is 2.34. The average molecular weight is 512 g/mol. The second-order valence-corrected chi connectivity index (χ2v) is 7.07. The van der Waals surface area contributed by atoms with Crippen molar-refractivity contribution in [2.45, 2.75) is 13.1 Å². The molecule has 0 aliphatic heterocycles. The van der Waals surface area contributed by atoms with Crippen LogP contribution in [-0.4, -0.2) is 36.0 Å². The number of hydrogen-bond donors (Lipinski definition) is 2. The van der Waals surface area contributed by atoms with E-state index in [0.29, 0.717) is 17.8 Å². The van der Waals surface area contributed by atoms with Gasteiger partial charge in [-0.25, -0.2) is 9.37 Å². The minimum atomic E-state index is -5.04. The number of ether oxygens (including phenoxy) is 3. The molecule has 2 amide bonds. The lowest BCUT2D eigenvalue weighted by molar-refractivity contribution is -0.142. The van der Waals surface area contributed by atoms with E-state index in [1.807, 2.05) is 0 Å². The zero-order valence-corrected chi connectivity index (χ0v) is 18.8. The summed E-state index contributed by atoms with van der Waals surface area (Å²) in [5.41, 5.74) is 2.95. The largest absolute Gasteiger partial charge is 0.493 e. The fraction of sp³-hybridized carbons (Fsp3) is 0.182. The zero-order chi connectivity index (χ0) is 26.8. The molecule has 36 heavy (non-hydrogen) atoms. The van der Waals surface area contributed by atoms with E-state index in [4.69, 9.17) is 19.9 Å². The minimum absolute atomic E-state index is 0.00687. The fourth-order valence-corrected chi connectivity index (χ4v) is 3.05. The fourth-order valence-electron chi connectivity index (χ4n) is 3.05. The van der Waals surface area contributed by atoms with Crippen LogP contribution in [0.25, 0.3) is 0 Å². The Labute approximate surface area is 200 Å². The number of nitrogens with two attached hydrogens (primary N) is 1. The Morgan fingerprint density at radius 3 is 2.25 bits per heavy atom. The van der Waals surface area contributed by atoms with Crippen LogP contribution >= 0.6 is 0 Å². The molecule has 0 bridgehead atoms. The van der Waals surface area contributed by atoms with Gasteiger partial charge < -0.3 is 25.3 Å². The van der Waals surface area contributed by atoms with Crippen LogP contribution in [-0.2, 0) is 6.18 Å². The number of amides is 2. The highest BCUT2D eigenvalue weighted by molar-refractivity contribution is 6.09. The van der Waals surface area contributed by atoms with Crippen LogP contribution in [0, 0.1) is 18.6 Å². The van der Waals surface area contributed by atoms with E-state index in [2.05, 4.69) is 15.3 Å². The highest BCUT2D eigenvalue weighted by atomic mass is 19.4. The second-order valence-electron chi connectivity index (χ2n) is 7.07. The molecule has 0 saturated heterocycles. The zero-order valence-electron chi connectivity index (χ0n) is 18.8. The molecule has 2 heterocycles. The Kier molecular flexibility index (Phi) is 7.27. The SMILES string of the molecule is COc1c(Oc2cnc(C(F)(F)F)c(OC)c2C(=O)Nc2cc(C(N)=O)ncc2C)ccc(F)c1F. The molecule has 0 aliphatic carbocycles. The van der Waals surface area contributed by atoms with Gasteiger partial charge in [-0.3, -0.25) is 14.6 Å². The van der Waals surface area contributed by atoms with Crippen molar-refractivity contribution >= 4 is 17.5 Å². The summed E-state index contributed by atoms with van der Waals surface area (Å²) < 4.78 is 83.6. The lowest BCUT2D eigenvalue weighted by Crippen LogP contribution is -2.20. The van der Waals surface area contributed by atoms with Gasteiger partial charge in [0.2, 0.25) is 11.6 Å². The monoisotopic (exact) mass is 512 g/mol. The Balaban J connectivity index is 2.18. The van der Waals surface area contributed by atoms with Crippen LogP contribution < -0.4 is 25.3 Å². The normalized spacial score (nSPS) is 11.1. The number of primary amides is 1. The molecule has 14 heteroatoms. The lowest BCUT2D eigenvalue weighted by Gasteiger charge is -2.19. The van der Waals surface area contributed by atoms with Crippen LogP contribution in [0.15, 0.2) is 30.6 Å². The molecule has 3 N–H and O–H groups in total. The van der Waals surface area contributed by atoms with Gasteiger partial charge in [0.25, 0.3) is 11.8 Å². The number of rotatable bonds is 7. The second kappa shape index (κ2) is 10.0. The van der Waals surface area contributed by atoms with E-state index in [1.165, 1.54) is 13.1 Å². The van der Waals surface area contributed by atoms with Gasteiger partial charge in [0.1, 0.15) is 11.3 Å². The summed E-state index contributed by atoms with van der Waals surface area (Å²) in [6.45, 7) is 1.50. The maximum Gasteiger partial charge on any atom is 0.437 e. The third-order valence-corrected chi connectivity index (χ3v) is 4.74. The number of alkyl halides is 3. The quantitative estimate of drug-likeness (QED) is 0.454. The van der Waals surface area contributed by atoms with E-state index >= 15 is 0 Å². The molecule has 9 nitrogen and oxygen atoms in total. The number of benzene rings is 1. The summed E-state index contributed by atoms with van der Waals surface area (Å²) in [7, 11) is 1.88. The summed E-state index contributed by atoms with van der Waals surface area (Å²) in [6.07, 6.45) is -3.26. The maximum absolute atomic E-state index is 14.1. The molecule has 0 aliphatic rings. The van der Waals surface area contributed by atoms with E-state index < -0.39 is 63.9 Å². The van der Waals surface area contributed by atoms with Crippen molar-refractivity contribution < 1.29 is 45.8 Å². The first-order valence-electron chi connectivity index (χ1n) is 9.80. The molecule has 0 unspecified atom stereocenters. The molecule has 0 saturated carbocycles. The van der Waals surface area contributed by atoms with E-state index in [0.717, 1.165) is 26.4 Å². The number of nitrogens with one attached hydrogen (secondary N) is 1. The predicted molar refractivity (Wildman–Crippen MR) is 114 cm³/mol. The van der Waals surface area contributed by atoms with Crippen molar-refractivity contribution in [1.82, 2.24) is 9.97 Å². The van der Waals surface area contributed by atoms with Crippen LogP contribution in [0.4, 0.5) is 27.6 Å². The van der Waals surface area contributed by atoms with Crippen LogP contribution in [0.1, 0.15) is 32.1 Å². The average Bonchev–Trinajstić information content (AvgIpc) is 2.81. The van der Waals surface area contributed by atoms with Crippen LogP contribution in [0.2, 0.25) is 0 Å². The van der Waals surface area contributed by atoms with Crippen LogP contribution in [0.3, 0.4) is 0 Å². The number of carbonyl (C=O) groups is 2. The number of carbonyl (C=O) groups excluding carboxylic acids is 2. The maximum atomic E-state index is 14.1. The molecule has 3 rings (SSSR count). The number of halogens is 5. The lowest BCUT2D eigenvalue weighted by atomic mass is 10.1. The Bertz CT molecular complexity index is 1350. The molecule has 2 aromatic heterocycles. The van der Waals surface area contributed by atoms with Gasteiger partial charge in [-0.05, 0) is 30.7 Å². The van der Waals surface area contributed by atoms with Crippen molar-refractivity contribution in [2.24, 2.45) is 5.73 Å². The van der Waals surface area contributed by atoms with Crippen molar-refractivity contribution in [3.8, 4) is 23.0 Å². The molecule has 0 spiro atoms. The first-order valence-corrected chi connectivity index (χ1v) is 9.80. The molecule has 0 fully saturated rings. The van der Waals surface area contributed by atoms with Gasteiger partial charge in [0, 0.05) is 11.9 Å². The van der Waals surface area contributed by atoms with E-state index in [9.17, 15) is 31.5 Å². The number of pyridine rings is 2. The number of aryl methyl sites for hydroxylation is 1. The molecular formula is C22H17F5N4O5. The summed E-state index contributed by atoms with van der Waals surface area (Å²) in [5.74, 6) is -7.61. The van der Waals surface area contributed by atoms with Gasteiger partial charge in [-0.1, -0.05) is 0 Å². The van der Waals surface area contributed by atoms with Gasteiger partial charge in [-0.15, -0.1) is 0 Å². The van der Waals surface area contributed by atoms with Gasteiger partial charge in [-0.2, -0.15) is 17.6 Å². The third kappa shape index (κ3) is 5.11. The smallest absolute Gasteiger partial charge is 0.437 e. The molecule has 1 aromatic carbocycles. The van der Waals surface area contributed by atoms with Crippen molar-refractivity contribution in [1.29, 1.82) is 0 Å². The van der Waals surface area contributed by atoms with E-state index in [-0.39, 0.29) is 11.4 Å². The molecule has 0 atom stereocenters. The number of nitrogens with zero attached hydrogens (tertiary/aromatic N) is 2. The van der Waals surface area contributed by atoms with Gasteiger partial charge in [0.05, 0.1) is 20.4 Å². The van der Waals surface area contributed by atoms with E-state index in [1.54, 1.807) is 0 Å². The molecule has 190 valence electrons. The Hall–Kier alpha value is -4.49. The first kappa shape index (κ1) is 26.1. The number of aromatic nitrogens is 2. The standard InChI is InChI=1S/C22H17F5N4O5/c1-9-7-29-12(20(28)32)6-11(9)31-21(33)15-14(8-30-19(18(15)35-3)22(25,26)27)36-13-5-4-10(23)16(24)17(13)34-2/h4-8H,1-3H3,(H2,28,32)(H,29,31,33). The minimum Gasteiger partial charge on any atom is -0.493 e. The molecule has 3 aromatic rings. The highest BCUT2D eigenvalue weighted by Gasteiger charge is 2.40. The van der Waals surface area contributed by atoms with Gasteiger partial charge >= 0.3 is 6.18 Å². The highest BCUT2D eigenvalue weighted by Crippen LogP contribution is 2.43. The van der Waals surface area contributed by atoms with Crippen molar-refractivity contribution in [2.75, 3.05) is 19.5 Å².